The first-order valence-corrected chi connectivity index (χ1v) is 6.83. The summed E-state index contributed by atoms with van der Waals surface area (Å²) in [5.41, 5.74) is 0.695. The van der Waals surface area contributed by atoms with Crippen molar-refractivity contribution in [2.24, 2.45) is 0 Å². The van der Waals surface area contributed by atoms with Gasteiger partial charge in [0.1, 0.15) is 11.5 Å². The fraction of sp³-hybridized carbons (Fsp3) is 0.133. The number of hydrogen-bond acceptors (Lipinski definition) is 2. The van der Waals surface area contributed by atoms with Crippen molar-refractivity contribution in [1.82, 2.24) is 0 Å². The molecule has 0 atom stereocenters. The molecular weight excluding hydrogens is 339 g/mol. The minimum absolute atomic E-state index is 0.128. The van der Waals surface area contributed by atoms with Gasteiger partial charge in [0.2, 0.25) is 0 Å². The van der Waals surface area contributed by atoms with Crippen molar-refractivity contribution >= 4 is 28.4 Å². The zero-order valence-electron chi connectivity index (χ0n) is 10.0. The van der Waals surface area contributed by atoms with Gasteiger partial charge in [-0.3, -0.25) is 4.79 Å². The molecule has 0 bridgehead atoms. The van der Waals surface area contributed by atoms with Crippen LogP contribution in [0.15, 0.2) is 48.5 Å². The van der Waals surface area contributed by atoms with E-state index in [9.17, 15) is 4.79 Å². The summed E-state index contributed by atoms with van der Waals surface area (Å²) in [5.74, 6) is 1.60. The number of hydrogen-bond donors (Lipinski definition) is 0. The van der Waals surface area contributed by atoms with Crippen LogP contribution in [0.2, 0.25) is 0 Å². The molecule has 2 rings (SSSR count). The average molecular weight is 352 g/mol. The van der Waals surface area contributed by atoms with E-state index >= 15 is 0 Å². The van der Waals surface area contributed by atoms with Crippen molar-refractivity contribution in [2.75, 3.05) is 0 Å². The zero-order chi connectivity index (χ0) is 13.0. The van der Waals surface area contributed by atoms with Gasteiger partial charge >= 0.3 is 0 Å². The number of rotatable bonds is 4. The van der Waals surface area contributed by atoms with E-state index in [1.807, 2.05) is 49.4 Å². The van der Waals surface area contributed by atoms with E-state index in [0.717, 1.165) is 9.32 Å². The predicted molar refractivity (Wildman–Crippen MR) is 80.3 cm³/mol. The van der Waals surface area contributed by atoms with Crippen LogP contribution >= 0.6 is 22.6 Å². The molecule has 18 heavy (non-hydrogen) atoms. The summed E-state index contributed by atoms with van der Waals surface area (Å²) in [6.07, 6.45) is 0.507. The van der Waals surface area contributed by atoms with E-state index in [1.165, 1.54) is 0 Å². The van der Waals surface area contributed by atoms with Crippen LogP contribution in [0.4, 0.5) is 0 Å². The number of Topliss-reactive ketones (excluding diaryl/α,β-unsaturated/α-hetero) is 1. The highest BCUT2D eigenvalue weighted by atomic mass is 127. The first-order chi connectivity index (χ1) is 8.69. The number of carbonyl (C=O) groups excluding carboxylic acids is 1. The van der Waals surface area contributed by atoms with Crippen molar-refractivity contribution < 1.29 is 9.53 Å². The highest BCUT2D eigenvalue weighted by molar-refractivity contribution is 14.1. The lowest BCUT2D eigenvalue weighted by Gasteiger charge is -2.07. The SMILES string of the molecule is CCC(=O)c1cccc(Oc2cccc(I)c2)c1. The van der Waals surface area contributed by atoms with Crippen LogP contribution in [0.25, 0.3) is 0 Å². The lowest BCUT2D eigenvalue weighted by Crippen LogP contribution is -1.96. The Balaban J connectivity index is 2.22. The van der Waals surface area contributed by atoms with Crippen molar-refractivity contribution in [2.45, 2.75) is 13.3 Å². The van der Waals surface area contributed by atoms with Crippen LogP contribution in [-0.2, 0) is 0 Å². The molecule has 0 radical (unpaired) electrons. The largest absolute Gasteiger partial charge is 0.457 e. The molecule has 0 spiro atoms. The average Bonchev–Trinajstić information content (AvgIpc) is 2.38. The summed E-state index contributed by atoms with van der Waals surface area (Å²) in [7, 11) is 0. The van der Waals surface area contributed by atoms with Gasteiger partial charge in [-0.1, -0.05) is 25.1 Å². The van der Waals surface area contributed by atoms with E-state index in [2.05, 4.69) is 22.6 Å². The van der Waals surface area contributed by atoms with E-state index in [4.69, 9.17) is 4.74 Å². The molecule has 0 aliphatic carbocycles. The van der Waals surface area contributed by atoms with Gasteiger partial charge < -0.3 is 4.74 Å². The second-order valence-electron chi connectivity index (χ2n) is 3.86. The monoisotopic (exact) mass is 352 g/mol. The molecule has 0 aliphatic heterocycles. The molecule has 0 saturated carbocycles. The fourth-order valence-electron chi connectivity index (χ4n) is 1.60. The minimum Gasteiger partial charge on any atom is -0.457 e. The molecule has 0 unspecified atom stereocenters. The topological polar surface area (TPSA) is 26.3 Å². The van der Waals surface area contributed by atoms with Crippen LogP contribution in [0.3, 0.4) is 0 Å². The van der Waals surface area contributed by atoms with Crippen LogP contribution < -0.4 is 4.74 Å². The lowest BCUT2D eigenvalue weighted by molar-refractivity contribution is 0.0988. The molecule has 0 heterocycles. The molecule has 0 amide bonds. The summed E-state index contributed by atoms with van der Waals surface area (Å²) < 4.78 is 6.85. The van der Waals surface area contributed by atoms with Crippen molar-refractivity contribution in [1.29, 1.82) is 0 Å². The van der Waals surface area contributed by atoms with E-state index in [-0.39, 0.29) is 5.78 Å². The smallest absolute Gasteiger partial charge is 0.162 e. The van der Waals surface area contributed by atoms with Gasteiger partial charge in [0.05, 0.1) is 0 Å². The Hall–Kier alpha value is -1.36. The standard InChI is InChI=1S/C15H13IO2/c1-2-15(17)11-5-3-7-13(9-11)18-14-8-4-6-12(16)10-14/h3-10H,2H2,1H3. The molecule has 2 nitrogen and oxygen atoms in total. The highest BCUT2D eigenvalue weighted by Gasteiger charge is 2.05. The molecule has 92 valence electrons. The van der Waals surface area contributed by atoms with Gasteiger partial charge in [0.25, 0.3) is 0 Å². The highest BCUT2D eigenvalue weighted by Crippen LogP contribution is 2.24. The molecule has 3 heteroatoms. The first kappa shape index (κ1) is 13.1. The Morgan fingerprint density at radius 2 is 1.78 bits per heavy atom. The molecule has 0 N–H and O–H groups in total. The summed E-state index contributed by atoms with van der Waals surface area (Å²) in [6.45, 7) is 1.86. The summed E-state index contributed by atoms with van der Waals surface area (Å²) >= 11 is 2.24. The number of ketones is 1. The summed E-state index contributed by atoms with van der Waals surface area (Å²) in [6, 6.07) is 15.1. The maximum atomic E-state index is 11.6. The fourth-order valence-corrected chi connectivity index (χ4v) is 2.12. The number of ether oxygens (including phenoxy) is 1. The van der Waals surface area contributed by atoms with Crippen molar-refractivity contribution in [3.05, 3.63) is 57.7 Å². The van der Waals surface area contributed by atoms with Crippen molar-refractivity contribution in [3.63, 3.8) is 0 Å². The van der Waals surface area contributed by atoms with Crippen molar-refractivity contribution in [3.8, 4) is 11.5 Å². The molecule has 2 aromatic rings. The third-order valence-electron chi connectivity index (χ3n) is 2.51. The maximum absolute atomic E-state index is 11.6. The third kappa shape index (κ3) is 3.32. The first-order valence-electron chi connectivity index (χ1n) is 5.75. The predicted octanol–water partition coefficient (Wildman–Crippen LogP) is 4.68. The molecule has 0 saturated heterocycles. The van der Waals surface area contributed by atoms with Gasteiger partial charge in [-0.05, 0) is 52.9 Å². The van der Waals surface area contributed by atoms with E-state index in [0.29, 0.717) is 17.7 Å². The Kier molecular flexibility index (Phi) is 4.36. The summed E-state index contributed by atoms with van der Waals surface area (Å²) in [5, 5.41) is 0. The zero-order valence-corrected chi connectivity index (χ0v) is 12.2. The molecule has 0 fully saturated rings. The van der Waals surface area contributed by atoms with E-state index < -0.39 is 0 Å². The second kappa shape index (κ2) is 6.00. The van der Waals surface area contributed by atoms with E-state index in [1.54, 1.807) is 6.07 Å². The summed E-state index contributed by atoms with van der Waals surface area (Å²) in [4.78, 5) is 11.6. The molecule has 0 aliphatic rings. The van der Waals surface area contributed by atoms with Crippen LogP contribution in [0, 0.1) is 3.57 Å². The normalized spacial score (nSPS) is 10.1. The Morgan fingerprint density at radius 3 is 2.44 bits per heavy atom. The minimum atomic E-state index is 0.128. The van der Waals surface area contributed by atoms with Gasteiger partial charge in [-0.25, -0.2) is 0 Å². The van der Waals surface area contributed by atoms with Gasteiger partial charge in [0, 0.05) is 15.6 Å². The van der Waals surface area contributed by atoms with Gasteiger partial charge in [-0.2, -0.15) is 0 Å². The van der Waals surface area contributed by atoms with Crippen LogP contribution in [-0.4, -0.2) is 5.78 Å². The van der Waals surface area contributed by atoms with Gasteiger partial charge in [-0.15, -0.1) is 0 Å². The Labute approximate surface area is 120 Å². The third-order valence-corrected chi connectivity index (χ3v) is 3.18. The Morgan fingerprint density at radius 1 is 1.11 bits per heavy atom. The quantitative estimate of drug-likeness (QED) is 0.590. The maximum Gasteiger partial charge on any atom is 0.162 e. The number of halogens is 1. The number of carbonyl (C=O) groups is 1. The van der Waals surface area contributed by atoms with Crippen LogP contribution in [0.5, 0.6) is 11.5 Å². The number of benzene rings is 2. The lowest BCUT2D eigenvalue weighted by atomic mass is 10.1. The molecular formula is C15H13IO2. The van der Waals surface area contributed by atoms with Crippen LogP contribution in [0.1, 0.15) is 23.7 Å². The molecule has 0 aromatic heterocycles. The Bertz CT molecular complexity index is 564. The van der Waals surface area contributed by atoms with Gasteiger partial charge in [0.15, 0.2) is 5.78 Å². The molecule has 2 aromatic carbocycles. The second-order valence-corrected chi connectivity index (χ2v) is 5.11.